The molecule has 1 rings (SSSR count). The second-order valence-electron chi connectivity index (χ2n) is 6.16. The van der Waals surface area contributed by atoms with E-state index >= 15 is 0 Å². The number of nitrogens with one attached hydrogen (secondary N) is 1. The lowest BCUT2D eigenvalue weighted by Crippen LogP contribution is -2.26. The molecule has 0 saturated heterocycles. The van der Waals surface area contributed by atoms with Gasteiger partial charge in [-0.1, -0.05) is 45.0 Å². The molecule has 0 unspecified atom stereocenters. The van der Waals surface area contributed by atoms with Gasteiger partial charge in [-0.2, -0.15) is 0 Å². The molecule has 0 aliphatic rings. The van der Waals surface area contributed by atoms with Gasteiger partial charge < -0.3 is 10.2 Å². The summed E-state index contributed by atoms with van der Waals surface area (Å²) in [6.07, 6.45) is 0.549. The van der Waals surface area contributed by atoms with E-state index in [1.54, 1.807) is 19.0 Å². The van der Waals surface area contributed by atoms with Crippen molar-refractivity contribution in [2.24, 2.45) is 0 Å². The van der Waals surface area contributed by atoms with Gasteiger partial charge in [0.05, 0.1) is 0 Å². The summed E-state index contributed by atoms with van der Waals surface area (Å²) in [6.45, 7) is 8.18. The van der Waals surface area contributed by atoms with Crippen LogP contribution in [0.4, 0.5) is 0 Å². The number of hydrogen-bond donors (Lipinski definition) is 1. The monoisotopic (exact) mass is 262 g/mol. The van der Waals surface area contributed by atoms with Crippen LogP contribution in [0.5, 0.6) is 0 Å². The first-order chi connectivity index (χ1) is 8.80. The Balaban J connectivity index is 2.37. The minimum Gasteiger partial charge on any atom is -0.349 e. The SMILES string of the molecule is CN(C)C(=O)CCNCc1ccc(C(C)(C)C)cc1. The van der Waals surface area contributed by atoms with Crippen molar-refractivity contribution in [1.82, 2.24) is 10.2 Å². The molecule has 1 amide bonds. The Morgan fingerprint density at radius 3 is 2.21 bits per heavy atom. The first-order valence-corrected chi connectivity index (χ1v) is 6.81. The maximum absolute atomic E-state index is 11.4. The Morgan fingerprint density at radius 2 is 1.74 bits per heavy atom. The van der Waals surface area contributed by atoms with Crippen LogP contribution >= 0.6 is 0 Å². The van der Waals surface area contributed by atoms with E-state index in [-0.39, 0.29) is 11.3 Å². The molecule has 0 spiro atoms. The second kappa shape index (κ2) is 6.71. The number of benzene rings is 1. The quantitative estimate of drug-likeness (QED) is 0.827. The third-order valence-corrected chi connectivity index (χ3v) is 3.16. The largest absolute Gasteiger partial charge is 0.349 e. The first-order valence-electron chi connectivity index (χ1n) is 6.81. The summed E-state index contributed by atoms with van der Waals surface area (Å²) < 4.78 is 0. The van der Waals surface area contributed by atoms with Crippen molar-refractivity contribution < 1.29 is 4.79 Å². The van der Waals surface area contributed by atoms with Crippen LogP contribution in [-0.4, -0.2) is 31.4 Å². The number of nitrogens with zero attached hydrogens (tertiary/aromatic N) is 1. The number of hydrogen-bond acceptors (Lipinski definition) is 2. The van der Waals surface area contributed by atoms with Gasteiger partial charge in [0.25, 0.3) is 0 Å². The zero-order valence-corrected chi connectivity index (χ0v) is 12.8. The number of carbonyl (C=O) groups is 1. The molecule has 0 aliphatic heterocycles. The van der Waals surface area contributed by atoms with Gasteiger partial charge in [0.2, 0.25) is 5.91 Å². The van der Waals surface area contributed by atoms with E-state index < -0.39 is 0 Å². The summed E-state index contributed by atoms with van der Waals surface area (Å²) in [6, 6.07) is 8.67. The van der Waals surface area contributed by atoms with Crippen molar-refractivity contribution >= 4 is 5.91 Å². The second-order valence-corrected chi connectivity index (χ2v) is 6.16. The number of rotatable bonds is 5. The van der Waals surface area contributed by atoms with Crippen LogP contribution in [0.15, 0.2) is 24.3 Å². The summed E-state index contributed by atoms with van der Waals surface area (Å²) >= 11 is 0. The molecule has 3 heteroatoms. The molecule has 0 radical (unpaired) electrons. The van der Waals surface area contributed by atoms with Gasteiger partial charge in [-0.25, -0.2) is 0 Å². The Kier molecular flexibility index (Phi) is 5.55. The molecule has 0 fully saturated rings. The van der Waals surface area contributed by atoms with Crippen molar-refractivity contribution in [2.45, 2.75) is 39.2 Å². The van der Waals surface area contributed by atoms with Crippen LogP contribution in [0.25, 0.3) is 0 Å². The zero-order chi connectivity index (χ0) is 14.5. The van der Waals surface area contributed by atoms with Crippen LogP contribution in [-0.2, 0) is 16.8 Å². The van der Waals surface area contributed by atoms with Gasteiger partial charge in [0.15, 0.2) is 0 Å². The smallest absolute Gasteiger partial charge is 0.223 e. The Hall–Kier alpha value is -1.35. The highest BCUT2D eigenvalue weighted by Crippen LogP contribution is 2.22. The van der Waals surface area contributed by atoms with Crippen LogP contribution < -0.4 is 5.32 Å². The maximum atomic E-state index is 11.4. The predicted molar refractivity (Wildman–Crippen MR) is 80.2 cm³/mol. The Labute approximate surface area is 117 Å². The molecule has 1 aromatic rings. The first kappa shape index (κ1) is 15.7. The van der Waals surface area contributed by atoms with Gasteiger partial charge in [-0.15, -0.1) is 0 Å². The minimum absolute atomic E-state index is 0.163. The number of carbonyl (C=O) groups excluding carboxylic acids is 1. The zero-order valence-electron chi connectivity index (χ0n) is 12.8. The van der Waals surface area contributed by atoms with Crippen molar-refractivity contribution in [3.05, 3.63) is 35.4 Å². The average Bonchev–Trinajstić information content (AvgIpc) is 2.33. The molecular formula is C16H26N2O. The van der Waals surface area contributed by atoms with E-state index in [0.29, 0.717) is 6.42 Å². The van der Waals surface area contributed by atoms with E-state index in [1.165, 1.54) is 11.1 Å². The minimum atomic E-state index is 0.163. The van der Waals surface area contributed by atoms with E-state index in [4.69, 9.17) is 0 Å². The van der Waals surface area contributed by atoms with E-state index in [0.717, 1.165) is 13.1 Å². The standard InChI is InChI=1S/C16H26N2O/c1-16(2,3)14-8-6-13(7-9-14)12-17-11-10-15(19)18(4)5/h6-9,17H,10-12H2,1-5H3. The highest BCUT2D eigenvalue weighted by molar-refractivity contribution is 5.75. The fraction of sp³-hybridized carbons (Fsp3) is 0.562. The third kappa shape index (κ3) is 5.43. The molecule has 0 bridgehead atoms. The molecule has 0 saturated carbocycles. The summed E-state index contributed by atoms with van der Waals surface area (Å²) in [5.41, 5.74) is 2.80. The van der Waals surface area contributed by atoms with E-state index in [2.05, 4.69) is 50.4 Å². The third-order valence-electron chi connectivity index (χ3n) is 3.16. The summed E-state index contributed by atoms with van der Waals surface area (Å²) in [5.74, 6) is 0.163. The summed E-state index contributed by atoms with van der Waals surface area (Å²) in [7, 11) is 3.57. The molecule has 3 nitrogen and oxygen atoms in total. The Morgan fingerprint density at radius 1 is 1.16 bits per heavy atom. The van der Waals surface area contributed by atoms with E-state index in [9.17, 15) is 4.79 Å². The fourth-order valence-electron chi connectivity index (χ4n) is 1.77. The van der Waals surface area contributed by atoms with Gasteiger partial charge in [0, 0.05) is 33.6 Å². The van der Waals surface area contributed by atoms with Crippen molar-refractivity contribution in [1.29, 1.82) is 0 Å². The van der Waals surface area contributed by atoms with Crippen LogP contribution in [0.1, 0.15) is 38.3 Å². The van der Waals surface area contributed by atoms with Gasteiger partial charge in [-0.05, 0) is 16.5 Å². The van der Waals surface area contributed by atoms with Gasteiger partial charge in [-0.3, -0.25) is 4.79 Å². The average molecular weight is 262 g/mol. The van der Waals surface area contributed by atoms with Crippen molar-refractivity contribution in [3.63, 3.8) is 0 Å². The highest BCUT2D eigenvalue weighted by atomic mass is 16.2. The molecule has 1 aromatic carbocycles. The Bertz CT molecular complexity index is 402. The molecule has 106 valence electrons. The molecule has 0 heterocycles. The fourth-order valence-corrected chi connectivity index (χ4v) is 1.77. The van der Waals surface area contributed by atoms with Gasteiger partial charge in [0.1, 0.15) is 0 Å². The lowest BCUT2D eigenvalue weighted by Gasteiger charge is -2.19. The molecule has 0 aliphatic carbocycles. The summed E-state index contributed by atoms with van der Waals surface area (Å²) in [5, 5.41) is 3.30. The molecule has 1 N–H and O–H groups in total. The molecule has 19 heavy (non-hydrogen) atoms. The lowest BCUT2D eigenvalue weighted by atomic mass is 9.87. The highest BCUT2D eigenvalue weighted by Gasteiger charge is 2.12. The molecular weight excluding hydrogens is 236 g/mol. The van der Waals surface area contributed by atoms with Crippen LogP contribution in [0.3, 0.4) is 0 Å². The van der Waals surface area contributed by atoms with Crippen molar-refractivity contribution in [2.75, 3.05) is 20.6 Å². The van der Waals surface area contributed by atoms with E-state index in [1.807, 2.05) is 0 Å². The summed E-state index contributed by atoms with van der Waals surface area (Å²) in [4.78, 5) is 13.0. The maximum Gasteiger partial charge on any atom is 0.223 e. The number of amides is 1. The normalized spacial score (nSPS) is 11.4. The topological polar surface area (TPSA) is 32.3 Å². The predicted octanol–water partition coefficient (Wildman–Crippen LogP) is 2.55. The van der Waals surface area contributed by atoms with Crippen LogP contribution in [0.2, 0.25) is 0 Å². The van der Waals surface area contributed by atoms with Crippen LogP contribution in [0, 0.1) is 0 Å². The van der Waals surface area contributed by atoms with Crippen molar-refractivity contribution in [3.8, 4) is 0 Å². The molecule has 0 atom stereocenters. The van der Waals surface area contributed by atoms with Gasteiger partial charge >= 0.3 is 0 Å². The lowest BCUT2D eigenvalue weighted by molar-refractivity contribution is -0.128. The molecule has 0 aromatic heterocycles.